The Morgan fingerprint density at radius 3 is 2.52 bits per heavy atom. The first kappa shape index (κ1) is 20.0. The average molecular weight is 430 g/mol. The molecule has 1 spiro atoms. The Kier molecular flexibility index (Phi) is 4.79. The number of anilines is 1. The number of hydrogen-bond donors (Lipinski definition) is 0. The Balaban J connectivity index is 1.71. The number of rotatable bonds is 2. The lowest BCUT2D eigenvalue weighted by Gasteiger charge is -2.38. The predicted molar refractivity (Wildman–Crippen MR) is 100 cm³/mol. The van der Waals surface area contributed by atoms with Crippen LogP contribution >= 0.6 is 11.3 Å². The second kappa shape index (κ2) is 6.92. The van der Waals surface area contributed by atoms with E-state index in [0.29, 0.717) is 49.7 Å². The summed E-state index contributed by atoms with van der Waals surface area (Å²) in [6, 6.07) is 2.40. The Hall–Kier alpha value is -2.24. The van der Waals surface area contributed by atoms with Gasteiger partial charge in [-0.15, -0.1) is 11.3 Å². The zero-order valence-corrected chi connectivity index (χ0v) is 16.1. The molecule has 0 saturated carbocycles. The molecule has 2 aliphatic rings. The Morgan fingerprint density at radius 2 is 1.97 bits per heavy atom. The van der Waals surface area contributed by atoms with E-state index in [2.05, 4.69) is 0 Å². The van der Waals surface area contributed by atoms with Gasteiger partial charge in [-0.25, -0.2) is 0 Å². The van der Waals surface area contributed by atoms with E-state index < -0.39 is 33.6 Å². The molecule has 156 valence electrons. The molecular weight excluding hydrogens is 413 g/mol. The molecule has 1 unspecified atom stereocenters. The summed E-state index contributed by atoms with van der Waals surface area (Å²) >= 11 is 0.949. The minimum Gasteiger partial charge on any atom is -0.363 e. The van der Waals surface area contributed by atoms with Crippen LogP contribution in [-0.4, -0.2) is 36.5 Å². The van der Waals surface area contributed by atoms with Crippen LogP contribution in [0.3, 0.4) is 0 Å². The summed E-state index contributed by atoms with van der Waals surface area (Å²) in [5, 5.41) is 11.6. The molecule has 4 rings (SSSR count). The van der Waals surface area contributed by atoms with Gasteiger partial charge >= 0.3 is 6.18 Å². The Bertz CT molecular complexity index is 1030. The lowest BCUT2D eigenvalue weighted by atomic mass is 10.0. The van der Waals surface area contributed by atoms with Crippen LogP contribution < -0.4 is 10.3 Å². The van der Waals surface area contributed by atoms with Crippen molar-refractivity contribution in [3.05, 3.63) is 44.1 Å². The number of halogens is 3. The van der Waals surface area contributed by atoms with Gasteiger partial charge in [0.15, 0.2) is 11.2 Å². The fourth-order valence-electron chi connectivity index (χ4n) is 3.72. The third-order valence-electron chi connectivity index (χ3n) is 5.15. The summed E-state index contributed by atoms with van der Waals surface area (Å²) in [6.07, 6.45) is -3.66. The van der Waals surface area contributed by atoms with Crippen LogP contribution in [0.15, 0.2) is 23.0 Å². The van der Waals surface area contributed by atoms with Crippen LogP contribution in [-0.2, 0) is 15.7 Å². The molecule has 0 bridgehead atoms. The van der Waals surface area contributed by atoms with Crippen LogP contribution in [0.1, 0.15) is 25.3 Å². The Morgan fingerprint density at radius 1 is 1.28 bits per heavy atom. The molecule has 3 heterocycles. The Labute approximate surface area is 166 Å². The number of benzene rings is 1. The van der Waals surface area contributed by atoms with E-state index in [-0.39, 0.29) is 16.2 Å². The van der Waals surface area contributed by atoms with Crippen molar-refractivity contribution in [3.8, 4) is 0 Å². The van der Waals surface area contributed by atoms with Gasteiger partial charge < -0.3 is 14.4 Å². The van der Waals surface area contributed by atoms with E-state index in [0.717, 1.165) is 11.3 Å². The third-order valence-corrected chi connectivity index (χ3v) is 6.37. The molecule has 1 atom stereocenters. The van der Waals surface area contributed by atoms with Gasteiger partial charge in [-0.3, -0.25) is 14.9 Å². The highest BCUT2D eigenvalue weighted by Gasteiger charge is 2.43. The first-order chi connectivity index (χ1) is 13.6. The van der Waals surface area contributed by atoms with E-state index in [1.54, 1.807) is 0 Å². The van der Waals surface area contributed by atoms with Crippen molar-refractivity contribution in [3.63, 3.8) is 0 Å². The van der Waals surface area contributed by atoms with Gasteiger partial charge in [0, 0.05) is 43.5 Å². The maximum Gasteiger partial charge on any atom is 0.416 e. The SMILES string of the molecule is CC1COC2(CCN(c3cc(=O)c4cc(C(F)(F)F)cc([N+](=O)[O-])c4s3)CC2)O1. The molecule has 2 saturated heterocycles. The average Bonchev–Trinajstić information content (AvgIpc) is 3.00. The normalized spacial score (nSPS) is 21.8. The fraction of sp³-hybridized carbons (Fsp3) is 0.500. The second-order valence-corrected chi connectivity index (χ2v) is 8.24. The van der Waals surface area contributed by atoms with Gasteiger partial charge in [0.2, 0.25) is 0 Å². The quantitative estimate of drug-likeness (QED) is 0.531. The van der Waals surface area contributed by atoms with Crippen molar-refractivity contribution in [1.82, 2.24) is 0 Å². The third kappa shape index (κ3) is 3.69. The zero-order valence-electron chi connectivity index (χ0n) is 15.3. The zero-order chi connectivity index (χ0) is 21.0. The number of fused-ring (bicyclic) bond motifs is 1. The molecule has 2 aromatic rings. The molecule has 0 radical (unpaired) electrons. The van der Waals surface area contributed by atoms with Crippen molar-refractivity contribution in [2.75, 3.05) is 24.6 Å². The number of ether oxygens (including phenoxy) is 2. The van der Waals surface area contributed by atoms with E-state index in [4.69, 9.17) is 9.47 Å². The summed E-state index contributed by atoms with van der Waals surface area (Å²) in [5.41, 5.74) is -2.60. The number of hydrogen-bond acceptors (Lipinski definition) is 7. The van der Waals surface area contributed by atoms with Gasteiger partial charge in [0.05, 0.1) is 28.2 Å². The largest absolute Gasteiger partial charge is 0.416 e. The minimum absolute atomic E-state index is 0.00348. The van der Waals surface area contributed by atoms with Crippen molar-refractivity contribution >= 4 is 32.1 Å². The standard InChI is InChI=1S/C18H17F3N2O5S/c1-10-9-27-17(28-10)2-4-22(5-3-17)15-8-14(24)12-6-11(18(19,20)21)7-13(23(25)26)16(12)29-15/h6-8,10H,2-5,9H2,1H3. The molecule has 2 fully saturated rings. The first-order valence-corrected chi connectivity index (χ1v) is 9.80. The predicted octanol–water partition coefficient (Wildman–Crippen LogP) is 3.92. The molecule has 29 heavy (non-hydrogen) atoms. The highest BCUT2D eigenvalue weighted by Crippen LogP contribution is 2.41. The van der Waals surface area contributed by atoms with Gasteiger partial charge in [0.1, 0.15) is 4.70 Å². The summed E-state index contributed by atoms with van der Waals surface area (Å²) in [5.74, 6) is -0.647. The molecule has 2 aliphatic heterocycles. The van der Waals surface area contributed by atoms with Gasteiger partial charge in [-0.1, -0.05) is 0 Å². The van der Waals surface area contributed by atoms with Crippen molar-refractivity contribution in [1.29, 1.82) is 0 Å². The number of nitrogens with zero attached hydrogens (tertiary/aromatic N) is 2. The van der Waals surface area contributed by atoms with E-state index in [1.807, 2.05) is 11.8 Å². The highest BCUT2D eigenvalue weighted by atomic mass is 32.1. The van der Waals surface area contributed by atoms with Crippen LogP contribution in [0.2, 0.25) is 0 Å². The molecule has 0 N–H and O–H groups in total. The smallest absolute Gasteiger partial charge is 0.363 e. The number of nitro benzene ring substituents is 1. The topological polar surface area (TPSA) is 81.9 Å². The first-order valence-electron chi connectivity index (χ1n) is 8.98. The summed E-state index contributed by atoms with van der Waals surface area (Å²) in [4.78, 5) is 24.9. The van der Waals surface area contributed by atoms with E-state index in [1.165, 1.54) is 6.07 Å². The second-order valence-electron chi connectivity index (χ2n) is 7.21. The molecule has 7 nitrogen and oxygen atoms in total. The molecule has 1 aromatic heterocycles. The molecule has 1 aromatic carbocycles. The van der Waals surface area contributed by atoms with Gasteiger partial charge in [-0.05, 0) is 13.0 Å². The summed E-state index contributed by atoms with van der Waals surface area (Å²) in [7, 11) is 0. The van der Waals surface area contributed by atoms with Crippen molar-refractivity contribution < 1.29 is 27.6 Å². The number of piperidine rings is 1. The molecule has 0 aliphatic carbocycles. The molecule has 11 heteroatoms. The number of non-ortho nitro benzene ring substituents is 1. The lowest BCUT2D eigenvalue weighted by molar-refractivity contribution is -0.383. The maximum absolute atomic E-state index is 13.1. The highest BCUT2D eigenvalue weighted by molar-refractivity contribution is 7.22. The molecular formula is C18H17F3N2O5S. The van der Waals surface area contributed by atoms with Gasteiger partial charge in [0.25, 0.3) is 5.69 Å². The lowest BCUT2D eigenvalue weighted by Crippen LogP contribution is -2.45. The monoisotopic (exact) mass is 430 g/mol. The fourth-order valence-corrected chi connectivity index (χ4v) is 4.91. The number of nitro groups is 1. The van der Waals surface area contributed by atoms with Crippen molar-refractivity contribution in [2.24, 2.45) is 0 Å². The van der Waals surface area contributed by atoms with Crippen LogP contribution in [0.5, 0.6) is 0 Å². The maximum atomic E-state index is 13.1. The van der Waals surface area contributed by atoms with Crippen LogP contribution in [0.4, 0.5) is 23.9 Å². The van der Waals surface area contributed by atoms with Crippen molar-refractivity contribution in [2.45, 2.75) is 37.8 Å². The van der Waals surface area contributed by atoms with E-state index in [9.17, 15) is 28.1 Å². The van der Waals surface area contributed by atoms with Crippen LogP contribution in [0, 0.1) is 10.1 Å². The van der Waals surface area contributed by atoms with Crippen LogP contribution in [0.25, 0.3) is 10.1 Å². The van der Waals surface area contributed by atoms with E-state index >= 15 is 0 Å². The number of alkyl halides is 3. The molecule has 0 amide bonds. The minimum atomic E-state index is -4.78. The summed E-state index contributed by atoms with van der Waals surface area (Å²) < 4.78 is 50.8. The summed E-state index contributed by atoms with van der Waals surface area (Å²) in [6.45, 7) is 3.44. The van der Waals surface area contributed by atoms with Gasteiger partial charge in [-0.2, -0.15) is 13.2 Å².